The first-order valence-corrected chi connectivity index (χ1v) is 7.57. The molecule has 0 aromatic heterocycles. The first kappa shape index (κ1) is 16.1. The number of ether oxygens (including phenoxy) is 2. The number of hydrogen-bond donors (Lipinski definition) is 2. The maximum atomic E-state index is 10.3. The van der Waals surface area contributed by atoms with Gasteiger partial charge < -0.3 is 24.8 Å². The van der Waals surface area contributed by atoms with E-state index in [9.17, 15) is 5.11 Å². The molecule has 0 radical (unpaired) electrons. The molecule has 5 heteroatoms. The van der Waals surface area contributed by atoms with Gasteiger partial charge in [0.25, 0.3) is 0 Å². The standard InChI is InChI=1S/C16H26N2O3/c1-20-13-5-6-16(21-2)14(11-13)15(19)12-17-7-10-18-8-3-4-9-18/h5-6,11,15,17,19H,3-4,7-10,12H2,1-2H3. The Hall–Kier alpha value is -1.30. The van der Waals surface area contributed by atoms with E-state index in [2.05, 4.69) is 10.2 Å². The van der Waals surface area contributed by atoms with E-state index in [4.69, 9.17) is 9.47 Å². The number of aliphatic hydroxyl groups is 1. The fraction of sp³-hybridized carbons (Fsp3) is 0.625. The van der Waals surface area contributed by atoms with Crippen molar-refractivity contribution in [2.24, 2.45) is 0 Å². The van der Waals surface area contributed by atoms with Gasteiger partial charge in [-0.15, -0.1) is 0 Å². The molecular weight excluding hydrogens is 268 g/mol. The fourth-order valence-electron chi connectivity index (χ4n) is 2.69. The van der Waals surface area contributed by atoms with Gasteiger partial charge in [0, 0.05) is 25.2 Å². The number of methoxy groups -OCH3 is 2. The molecule has 1 fully saturated rings. The molecule has 1 atom stereocenters. The van der Waals surface area contributed by atoms with Crippen molar-refractivity contribution in [1.82, 2.24) is 10.2 Å². The molecule has 0 spiro atoms. The van der Waals surface area contributed by atoms with E-state index < -0.39 is 6.10 Å². The smallest absolute Gasteiger partial charge is 0.124 e. The molecule has 1 unspecified atom stereocenters. The summed E-state index contributed by atoms with van der Waals surface area (Å²) >= 11 is 0. The van der Waals surface area contributed by atoms with Crippen molar-refractivity contribution in [1.29, 1.82) is 0 Å². The second-order valence-corrected chi connectivity index (χ2v) is 5.38. The van der Waals surface area contributed by atoms with Crippen LogP contribution in [0.25, 0.3) is 0 Å². The van der Waals surface area contributed by atoms with Gasteiger partial charge in [0.2, 0.25) is 0 Å². The van der Waals surface area contributed by atoms with Gasteiger partial charge in [0.05, 0.1) is 20.3 Å². The molecule has 5 nitrogen and oxygen atoms in total. The van der Waals surface area contributed by atoms with Crippen LogP contribution in [0.3, 0.4) is 0 Å². The molecule has 0 amide bonds. The SMILES string of the molecule is COc1ccc(OC)c(C(O)CNCCN2CCCC2)c1. The highest BCUT2D eigenvalue weighted by Gasteiger charge is 2.15. The number of aliphatic hydroxyl groups excluding tert-OH is 1. The lowest BCUT2D eigenvalue weighted by atomic mass is 10.1. The number of nitrogens with zero attached hydrogens (tertiary/aromatic N) is 1. The highest BCUT2D eigenvalue weighted by Crippen LogP contribution is 2.28. The van der Waals surface area contributed by atoms with E-state index in [1.165, 1.54) is 25.9 Å². The first-order chi connectivity index (χ1) is 10.2. The third-order valence-corrected chi connectivity index (χ3v) is 3.94. The maximum absolute atomic E-state index is 10.3. The molecule has 1 aliphatic heterocycles. The maximum Gasteiger partial charge on any atom is 0.124 e. The van der Waals surface area contributed by atoms with E-state index in [1.54, 1.807) is 14.2 Å². The summed E-state index contributed by atoms with van der Waals surface area (Å²) in [5.41, 5.74) is 0.755. The van der Waals surface area contributed by atoms with Crippen LogP contribution in [0.5, 0.6) is 11.5 Å². The van der Waals surface area contributed by atoms with Gasteiger partial charge in [-0.25, -0.2) is 0 Å². The lowest BCUT2D eigenvalue weighted by Gasteiger charge is -2.18. The Morgan fingerprint density at radius 3 is 2.67 bits per heavy atom. The Morgan fingerprint density at radius 1 is 1.24 bits per heavy atom. The van der Waals surface area contributed by atoms with Gasteiger partial charge in [-0.05, 0) is 44.1 Å². The second-order valence-electron chi connectivity index (χ2n) is 5.38. The van der Waals surface area contributed by atoms with Crippen molar-refractivity contribution < 1.29 is 14.6 Å². The van der Waals surface area contributed by atoms with Crippen LogP contribution in [-0.4, -0.2) is 56.9 Å². The van der Waals surface area contributed by atoms with Crippen molar-refractivity contribution in [3.63, 3.8) is 0 Å². The molecule has 1 aromatic rings. The summed E-state index contributed by atoms with van der Waals surface area (Å²) in [6, 6.07) is 5.48. The van der Waals surface area contributed by atoms with Crippen LogP contribution >= 0.6 is 0 Å². The van der Waals surface area contributed by atoms with Gasteiger partial charge in [-0.2, -0.15) is 0 Å². The van der Waals surface area contributed by atoms with Crippen LogP contribution < -0.4 is 14.8 Å². The van der Waals surface area contributed by atoms with Gasteiger partial charge >= 0.3 is 0 Å². The molecule has 21 heavy (non-hydrogen) atoms. The van der Waals surface area contributed by atoms with Crippen molar-refractivity contribution in [3.8, 4) is 11.5 Å². The molecule has 1 aliphatic rings. The van der Waals surface area contributed by atoms with Crippen LogP contribution in [0.4, 0.5) is 0 Å². The van der Waals surface area contributed by atoms with Gasteiger partial charge in [0.15, 0.2) is 0 Å². The molecular formula is C16H26N2O3. The van der Waals surface area contributed by atoms with Crippen molar-refractivity contribution >= 4 is 0 Å². The zero-order valence-electron chi connectivity index (χ0n) is 13.0. The van der Waals surface area contributed by atoms with Crippen molar-refractivity contribution in [2.45, 2.75) is 18.9 Å². The zero-order chi connectivity index (χ0) is 15.1. The minimum Gasteiger partial charge on any atom is -0.497 e. The van der Waals surface area contributed by atoms with Crippen molar-refractivity contribution in [3.05, 3.63) is 23.8 Å². The topological polar surface area (TPSA) is 54.0 Å². The molecule has 0 bridgehead atoms. The number of rotatable bonds is 8. The fourth-order valence-corrected chi connectivity index (χ4v) is 2.69. The quantitative estimate of drug-likeness (QED) is 0.710. The molecule has 1 aromatic carbocycles. The lowest BCUT2D eigenvalue weighted by Crippen LogP contribution is -2.32. The Morgan fingerprint density at radius 2 is 2.00 bits per heavy atom. The molecule has 118 valence electrons. The van der Waals surface area contributed by atoms with Gasteiger partial charge in [-0.1, -0.05) is 0 Å². The Balaban J connectivity index is 1.82. The summed E-state index contributed by atoms with van der Waals surface area (Å²) in [5, 5.41) is 13.6. The van der Waals surface area contributed by atoms with Crippen LogP contribution in [0, 0.1) is 0 Å². The third kappa shape index (κ3) is 4.59. The zero-order valence-corrected chi connectivity index (χ0v) is 13.0. The summed E-state index contributed by atoms with van der Waals surface area (Å²) in [6.07, 6.45) is 2.02. The number of hydrogen-bond acceptors (Lipinski definition) is 5. The molecule has 1 heterocycles. The summed E-state index contributed by atoms with van der Waals surface area (Å²) in [6.45, 7) is 4.85. The Bertz CT molecular complexity index is 434. The van der Waals surface area contributed by atoms with E-state index in [0.717, 1.165) is 24.4 Å². The minimum absolute atomic E-state index is 0.511. The summed E-state index contributed by atoms with van der Waals surface area (Å²) in [5.74, 6) is 1.41. The van der Waals surface area contributed by atoms with Gasteiger partial charge in [0.1, 0.15) is 11.5 Å². The number of likely N-dealkylation sites (tertiary alicyclic amines) is 1. The highest BCUT2D eigenvalue weighted by molar-refractivity contribution is 5.41. The third-order valence-electron chi connectivity index (χ3n) is 3.94. The molecule has 0 saturated carbocycles. The normalized spacial score (nSPS) is 16.9. The van der Waals surface area contributed by atoms with Crippen LogP contribution in [0.15, 0.2) is 18.2 Å². The largest absolute Gasteiger partial charge is 0.497 e. The number of nitrogens with one attached hydrogen (secondary N) is 1. The predicted octanol–water partition coefficient (Wildman–Crippen LogP) is 1.42. The summed E-state index contributed by atoms with van der Waals surface area (Å²) in [4.78, 5) is 2.45. The van der Waals surface area contributed by atoms with E-state index in [1.807, 2.05) is 18.2 Å². The van der Waals surface area contributed by atoms with Gasteiger partial charge in [-0.3, -0.25) is 0 Å². The monoisotopic (exact) mass is 294 g/mol. The average molecular weight is 294 g/mol. The molecule has 2 N–H and O–H groups in total. The summed E-state index contributed by atoms with van der Waals surface area (Å²) in [7, 11) is 3.23. The first-order valence-electron chi connectivity index (χ1n) is 7.57. The minimum atomic E-state index is -0.603. The van der Waals surface area contributed by atoms with Crippen LogP contribution in [0.2, 0.25) is 0 Å². The van der Waals surface area contributed by atoms with Crippen LogP contribution in [-0.2, 0) is 0 Å². The van der Waals surface area contributed by atoms with E-state index in [-0.39, 0.29) is 0 Å². The second kappa shape index (κ2) is 8.22. The average Bonchev–Trinajstić information content (AvgIpc) is 3.04. The number of benzene rings is 1. The van der Waals surface area contributed by atoms with E-state index >= 15 is 0 Å². The summed E-state index contributed by atoms with van der Waals surface area (Å²) < 4.78 is 10.5. The molecule has 2 rings (SSSR count). The predicted molar refractivity (Wildman–Crippen MR) is 83.0 cm³/mol. The lowest BCUT2D eigenvalue weighted by molar-refractivity contribution is 0.168. The van der Waals surface area contributed by atoms with Crippen molar-refractivity contribution in [2.75, 3.05) is 46.9 Å². The Kier molecular flexibility index (Phi) is 6.29. The Labute approximate surface area is 126 Å². The van der Waals surface area contributed by atoms with E-state index in [0.29, 0.717) is 12.3 Å². The molecule has 1 saturated heterocycles. The van der Waals surface area contributed by atoms with Crippen LogP contribution in [0.1, 0.15) is 24.5 Å². The highest BCUT2D eigenvalue weighted by atomic mass is 16.5. The molecule has 0 aliphatic carbocycles.